The largest absolute Gasteiger partial charge is 0.398 e. The van der Waals surface area contributed by atoms with Crippen molar-refractivity contribution in [2.24, 2.45) is 0 Å². The van der Waals surface area contributed by atoms with E-state index >= 15 is 0 Å². The monoisotopic (exact) mass is 441 g/mol. The first kappa shape index (κ1) is 21.0. The highest BCUT2D eigenvalue weighted by Gasteiger charge is 2.20. The molecule has 2 aromatic carbocycles. The number of anilines is 3. The van der Waals surface area contributed by atoms with Gasteiger partial charge in [-0.15, -0.1) is 0 Å². The second-order valence-electron chi connectivity index (χ2n) is 8.45. The molecular formula is C25H27N7O. The van der Waals surface area contributed by atoms with Crippen LogP contribution in [0.3, 0.4) is 0 Å². The summed E-state index contributed by atoms with van der Waals surface area (Å²) in [5, 5.41) is 3.37. The van der Waals surface area contributed by atoms with E-state index in [1.54, 1.807) is 6.20 Å². The molecule has 0 unspecified atom stereocenters. The van der Waals surface area contributed by atoms with Crippen molar-refractivity contribution in [3.8, 4) is 11.3 Å². The standard InChI is InChI=1S/C25H27N7O/c1-17-20(4-3-5-21(17)26)22-16-32-11-10-27-24(32)23(29-22)28-19-8-6-18(7-9-19)25(33)31-14-12-30(2)13-15-31/h3-11,16H,12-15,26H2,1-2H3,(H,28,29). The molecule has 168 valence electrons. The predicted octanol–water partition coefficient (Wildman–Crippen LogP) is 3.42. The van der Waals surface area contributed by atoms with Gasteiger partial charge in [-0.3, -0.25) is 4.79 Å². The molecule has 4 aromatic rings. The normalized spacial score (nSPS) is 14.5. The van der Waals surface area contributed by atoms with Crippen LogP contribution in [0.5, 0.6) is 0 Å². The van der Waals surface area contributed by atoms with Gasteiger partial charge in [-0.1, -0.05) is 12.1 Å². The Labute approximate surface area is 192 Å². The molecule has 2 aromatic heterocycles. The number of amides is 1. The Morgan fingerprint density at radius 1 is 1.06 bits per heavy atom. The average Bonchev–Trinajstić information content (AvgIpc) is 3.30. The van der Waals surface area contributed by atoms with Crippen molar-refractivity contribution in [1.29, 1.82) is 0 Å². The number of nitrogens with one attached hydrogen (secondary N) is 1. The number of carbonyl (C=O) groups is 1. The van der Waals surface area contributed by atoms with E-state index in [0.29, 0.717) is 11.4 Å². The summed E-state index contributed by atoms with van der Waals surface area (Å²) in [5.74, 6) is 0.708. The fraction of sp³-hybridized carbons (Fsp3) is 0.240. The van der Waals surface area contributed by atoms with Crippen molar-refractivity contribution in [2.75, 3.05) is 44.3 Å². The van der Waals surface area contributed by atoms with Gasteiger partial charge in [0.15, 0.2) is 11.5 Å². The number of piperazine rings is 1. The van der Waals surface area contributed by atoms with E-state index in [1.165, 1.54) is 0 Å². The Balaban J connectivity index is 1.42. The minimum absolute atomic E-state index is 0.0718. The second-order valence-corrected chi connectivity index (χ2v) is 8.45. The maximum absolute atomic E-state index is 12.8. The summed E-state index contributed by atoms with van der Waals surface area (Å²) in [7, 11) is 2.08. The smallest absolute Gasteiger partial charge is 0.253 e. The summed E-state index contributed by atoms with van der Waals surface area (Å²) in [6, 6.07) is 13.4. The van der Waals surface area contributed by atoms with Gasteiger partial charge in [-0.05, 0) is 49.9 Å². The van der Waals surface area contributed by atoms with Gasteiger partial charge in [0.05, 0.1) is 5.69 Å². The summed E-state index contributed by atoms with van der Waals surface area (Å²) in [6.07, 6.45) is 5.59. The third-order valence-corrected chi connectivity index (χ3v) is 6.21. The number of fused-ring (bicyclic) bond motifs is 1. The lowest BCUT2D eigenvalue weighted by Crippen LogP contribution is -2.47. The Morgan fingerprint density at radius 2 is 1.82 bits per heavy atom. The van der Waals surface area contributed by atoms with Crippen LogP contribution in [0, 0.1) is 6.92 Å². The summed E-state index contributed by atoms with van der Waals surface area (Å²) in [6.45, 7) is 5.31. The minimum atomic E-state index is 0.0718. The quantitative estimate of drug-likeness (QED) is 0.472. The Bertz CT molecular complexity index is 1300. The molecule has 8 nitrogen and oxygen atoms in total. The van der Waals surface area contributed by atoms with Crippen LogP contribution in [-0.2, 0) is 0 Å². The molecule has 0 aliphatic carbocycles. The van der Waals surface area contributed by atoms with Crippen LogP contribution in [0.2, 0.25) is 0 Å². The number of nitrogens with zero attached hydrogens (tertiary/aromatic N) is 5. The van der Waals surface area contributed by atoms with Crippen molar-refractivity contribution in [1.82, 2.24) is 24.2 Å². The summed E-state index contributed by atoms with van der Waals surface area (Å²) in [5.41, 5.74) is 11.9. The SMILES string of the molecule is Cc1c(N)cccc1-c1cn2ccnc2c(Nc2ccc(C(=O)N3CCN(C)CC3)cc2)n1. The maximum atomic E-state index is 12.8. The van der Waals surface area contributed by atoms with E-state index in [0.717, 1.165) is 60.0 Å². The molecular weight excluding hydrogens is 414 g/mol. The van der Waals surface area contributed by atoms with E-state index in [9.17, 15) is 4.79 Å². The molecule has 0 spiro atoms. The van der Waals surface area contributed by atoms with Gasteiger partial charge in [-0.2, -0.15) is 0 Å². The number of rotatable bonds is 4. The number of carbonyl (C=O) groups excluding carboxylic acids is 1. The zero-order valence-corrected chi connectivity index (χ0v) is 18.8. The summed E-state index contributed by atoms with van der Waals surface area (Å²) >= 11 is 0. The lowest BCUT2D eigenvalue weighted by Gasteiger charge is -2.32. The highest BCUT2D eigenvalue weighted by atomic mass is 16.2. The molecule has 0 saturated carbocycles. The molecule has 1 saturated heterocycles. The number of hydrogen-bond donors (Lipinski definition) is 2. The first-order valence-electron chi connectivity index (χ1n) is 11.0. The van der Waals surface area contributed by atoms with Crippen molar-refractivity contribution in [3.05, 3.63) is 72.2 Å². The van der Waals surface area contributed by atoms with Crippen molar-refractivity contribution < 1.29 is 4.79 Å². The summed E-state index contributed by atoms with van der Waals surface area (Å²) < 4.78 is 1.94. The first-order chi connectivity index (χ1) is 16.0. The first-order valence-corrected chi connectivity index (χ1v) is 11.0. The van der Waals surface area contributed by atoms with Gasteiger partial charge in [-0.25, -0.2) is 9.97 Å². The number of likely N-dealkylation sites (N-methyl/N-ethyl adjacent to an activating group) is 1. The van der Waals surface area contributed by atoms with Crippen molar-refractivity contribution in [2.45, 2.75) is 6.92 Å². The number of imidazole rings is 1. The van der Waals surface area contributed by atoms with E-state index in [4.69, 9.17) is 10.7 Å². The molecule has 33 heavy (non-hydrogen) atoms. The zero-order valence-electron chi connectivity index (χ0n) is 18.8. The molecule has 5 rings (SSSR count). The molecule has 8 heteroatoms. The number of aromatic nitrogens is 3. The van der Waals surface area contributed by atoms with Gasteiger partial charge < -0.3 is 25.3 Å². The van der Waals surface area contributed by atoms with Crippen LogP contribution in [-0.4, -0.2) is 63.3 Å². The summed E-state index contributed by atoms with van der Waals surface area (Å²) in [4.78, 5) is 26.3. The fourth-order valence-corrected chi connectivity index (χ4v) is 4.10. The molecule has 0 atom stereocenters. The van der Waals surface area contributed by atoms with Crippen molar-refractivity contribution in [3.63, 3.8) is 0 Å². The number of nitrogen functional groups attached to an aromatic ring is 1. The molecule has 1 aliphatic heterocycles. The van der Waals surface area contributed by atoms with Gasteiger partial charge in [0.1, 0.15) is 0 Å². The lowest BCUT2D eigenvalue weighted by molar-refractivity contribution is 0.0664. The second kappa shape index (κ2) is 8.55. The Hall–Kier alpha value is -3.91. The molecule has 3 N–H and O–H groups in total. The molecule has 3 heterocycles. The van der Waals surface area contributed by atoms with Gasteiger partial charge in [0, 0.05) is 67.3 Å². The third kappa shape index (κ3) is 4.12. The Kier molecular flexibility index (Phi) is 5.43. The van der Waals surface area contributed by atoms with Crippen LogP contribution < -0.4 is 11.1 Å². The van der Waals surface area contributed by atoms with Crippen LogP contribution in [0.4, 0.5) is 17.2 Å². The van der Waals surface area contributed by atoms with Crippen LogP contribution >= 0.6 is 0 Å². The molecule has 1 fully saturated rings. The highest BCUT2D eigenvalue weighted by molar-refractivity contribution is 5.94. The number of benzene rings is 2. The van der Waals surface area contributed by atoms with Crippen LogP contribution in [0.25, 0.3) is 16.9 Å². The van der Waals surface area contributed by atoms with E-state index < -0.39 is 0 Å². The number of nitrogens with two attached hydrogens (primary N) is 1. The van der Waals surface area contributed by atoms with Crippen molar-refractivity contribution >= 4 is 28.7 Å². The van der Waals surface area contributed by atoms with Crippen LogP contribution in [0.15, 0.2) is 61.1 Å². The third-order valence-electron chi connectivity index (χ3n) is 6.21. The lowest BCUT2D eigenvalue weighted by atomic mass is 10.0. The van der Waals surface area contributed by atoms with E-state index in [2.05, 4.69) is 22.2 Å². The predicted molar refractivity (Wildman–Crippen MR) is 131 cm³/mol. The molecule has 1 amide bonds. The average molecular weight is 442 g/mol. The van der Waals surface area contributed by atoms with E-state index in [1.807, 2.05) is 71.1 Å². The Morgan fingerprint density at radius 3 is 2.58 bits per heavy atom. The highest BCUT2D eigenvalue weighted by Crippen LogP contribution is 2.29. The van der Waals surface area contributed by atoms with E-state index in [-0.39, 0.29) is 5.91 Å². The van der Waals surface area contributed by atoms with Gasteiger partial charge >= 0.3 is 0 Å². The number of hydrogen-bond acceptors (Lipinski definition) is 6. The maximum Gasteiger partial charge on any atom is 0.253 e. The molecule has 0 bridgehead atoms. The van der Waals surface area contributed by atoms with Gasteiger partial charge in [0.25, 0.3) is 5.91 Å². The molecule has 1 aliphatic rings. The topological polar surface area (TPSA) is 91.8 Å². The zero-order chi connectivity index (χ0) is 22.9. The van der Waals surface area contributed by atoms with Gasteiger partial charge in [0.2, 0.25) is 0 Å². The minimum Gasteiger partial charge on any atom is -0.398 e. The molecule has 0 radical (unpaired) electrons. The fourth-order valence-electron chi connectivity index (χ4n) is 4.10. The van der Waals surface area contributed by atoms with Crippen LogP contribution in [0.1, 0.15) is 15.9 Å².